The Morgan fingerprint density at radius 1 is 1.40 bits per heavy atom. The molecular formula is C11H15Cl2NO. The van der Waals surface area contributed by atoms with Gasteiger partial charge in [-0.15, -0.1) is 12.4 Å². The van der Waals surface area contributed by atoms with Crippen molar-refractivity contribution in [3.63, 3.8) is 0 Å². The van der Waals surface area contributed by atoms with Crippen molar-refractivity contribution in [3.8, 4) is 0 Å². The molecule has 0 aliphatic carbocycles. The van der Waals surface area contributed by atoms with Crippen LogP contribution in [0, 0.1) is 0 Å². The van der Waals surface area contributed by atoms with E-state index in [1.165, 1.54) is 0 Å². The van der Waals surface area contributed by atoms with Crippen molar-refractivity contribution >= 4 is 29.8 Å². The topological polar surface area (TPSA) is 29.1 Å². The molecule has 1 N–H and O–H groups in total. The van der Waals surface area contributed by atoms with Gasteiger partial charge in [0, 0.05) is 10.6 Å². The van der Waals surface area contributed by atoms with Crippen molar-refractivity contribution in [3.05, 3.63) is 34.9 Å². The quantitative estimate of drug-likeness (QED) is 0.830. The van der Waals surface area contributed by atoms with Crippen molar-refractivity contribution < 1.29 is 4.79 Å². The number of nitrogens with one attached hydrogen (secondary N) is 1. The van der Waals surface area contributed by atoms with Gasteiger partial charge >= 0.3 is 0 Å². The van der Waals surface area contributed by atoms with Crippen molar-refractivity contribution in [1.29, 1.82) is 0 Å². The molecule has 0 aliphatic heterocycles. The first kappa shape index (κ1) is 14.4. The SMILES string of the molecule is CCC(NC)C(=O)c1ccc(Cl)cc1.Cl. The van der Waals surface area contributed by atoms with Crippen LogP contribution in [0.1, 0.15) is 23.7 Å². The molecule has 0 fully saturated rings. The third kappa shape index (κ3) is 3.82. The maximum Gasteiger partial charge on any atom is 0.179 e. The molecule has 4 heteroatoms. The van der Waals surface area contributed by atoms with E-state index in [9.17, 15) is 4.79 Å². The summed E-state index contributed by atoms with van der Waals surface area (Å²) in [6.07, 6.45) is 0.790. The summed E-state index contributed by atoms with van der Waals surface area (Å²) >= 11 is 5.74. The van der Waals surface area contributed by atoms with Gasteiger partial charge in [-0.05, 0) is 37.7 Å². The molecule has 0 heterocycles. The zero-order chi connectivity index (χ0) is 10.6. The summed E-state index contributed by atoms with van der Waals surface area (Å²) in [7, 11) is 1.79. The van der Waals surface area contributed by atoms with Crippen molar-refractivity contribution in [2.45, 2.75) is 19.4 Å². The van der Waals surface area contributed by atoms with Gasteiger partial charge in [0.05, 0.1) is 6.04 Å². The van der Waals surface area contributed by atoms with Gasteiger partial charge in [-0.3, -0.25) is 4.79 Å². The van der Waals surface area contributed by atoms with Gasteiger partial charge in [0.2, 0.25) is 0 Å². The monoisotopic (exact) mass is 247 g/mol. The minimum Gasteiger partial charge on any atom is -0.310 e. The number of ketones is 1. The average Bonchev–Trinajstić information content (AvgIpc) is 2.20. The number of halogens is 2. The molecule has 1 aromatic carbocycles. The molecule has 1 atom stereocenters. The number of Topliss-reactive ketones (excluding diaryl/α,β-unsaturated/α-hetero) is 1. The van der Waals surface area contributed by atoms with Crippen LogP contribution in [-0.2, 0) is 0 Å². The number of hydrogen-bond donors (Lipinski definition) is 1. The zero-order valence-corrected chi connectivity index (χ0v) is 10.4. The second-order valence-electron chi connectivity index (χ2n) is 3.12. The van der Waals surface area contributed by atoms with Gasteiger partial charge < -0.3 is 5.32 Å². The molecule has 1 unspecified atom stereocenters. The molecule has 0 amide bonds. The van der Waals surface area contributed by atoms with Gasteiger partial charge in [-0.25, -0.2) is 0 Å². The number of rotatable bonds is 4. The lowest BCUT2D eigenvalue weighted by Gasteiger charge is -2.12. The van der Waals surface area contributed by atoms with Crippen LogP contribution in [0.4, 0.5) is 0 Å². The first-order chi connectivity index (χ1) is 6.69. The van der Waals surface area contributed by atoms with Crippen molar-refractivity contribution in [1.82, 2.24) is 5.32 Å². The molecule has 15 heavy (non-hydrogen) atoms. The highest BCUT2D eigenvalue weighted by Gasteiger charge is 2.15. The van der Waals surface area contributed by atoms with E-state index >= 15 is 0 Å². The molecule has 2 nitrogen and oxygen atoms in total. The molecule has 1 aromatic rings. The number of carbonyl (C=O) groups excluding carboxylic acids is 1. The van der Waals surface area contributed by atoms with E-state index in [1.54, 1.807) is 31.3 Å². The van der Waals surface area contributed by atoms with Crippen LogP contribution >= 0.6 is 24.0 Å². The van der Waals surface area contributed by atoms with Gasteiger partial charge in [0.1, 0.15) is 0 Å². The number of likely N-dealkylation sites (N-methyl/N-ethyl adjacent to an activating group) is 1. The Morgan fingerprint density at radius 3 is 2.33 bits per heavy atom. The Morgan fingerprint density at radius 2 is 1.93 bits per heavy atom. The van der Waals surface area contributed by atoms with E-state index in [4.69, 9.17) is 11.6 Å². The summed E-state index contributed by atoms with van der Waals surface area (Å²) in [6.45, 7) is 1.98. The summed E-state index contributed by atoms with van der Waals surface area (Å²) in [4.78, 5) is 11.8. The van der Waals surface area contributed by atoms with Crippen LogP contribution in [0.25, 0.3) is 0 Å². The highest BCUT2D eigenvalue weighted by Crippen LogP contribution is 2.11. The summed E-state index contributed by atoms with van der Waals surface area (Å²) in [5.74, 6) is 0.117. The lowest BCUT2D eigenvalue weighted by molar-refractivity contribution is 0.0945. The Bertz CT molecular complexity index is 307. The van der Waals surface area contributed by atoms with E-state index < -0.39 is 0 Å². The number of hydrogen-bond acceptors (Lipinski definition) is 2. The predicted octanol–water partition coefficient (Wildman–Crippen LogP) is 2.94. The molecule has 1 rings (SSSR count). The normalized spacial score (nSPS) is 11.7. The second-order valence-corrected chi connectivity index (χ2v) is 3.56. The fourth-order valence-electron chi connectivity index (χ4n) is 1.34. The van der Waals surface area contributed by atoms with Crippen LogP contribution in [0.3, 0.4) is 0 Å². The molecular weight excluding hydrogens is 233 g/mol. The molecule has 0 saturated carbocycles. The van der Waals surface area contributed by atoms with E-state index in [2.05, 4.69) is 5.32 Å². The van der Waals surface area contributed by atoms with Crippen LogP contribution < -0.4 is 5.32 Å². The molecule has 84 valence electrons. The molecule has 0 radical (unpaired) electrons. The summed E-state index contributed by atoms with van der Waals surface area (Å²) in [6, 6.07) is 6.88. The van der Waals surface area contributed by atoms with Gasteiger partial charge in [0.25, 0.3) is 0 Å². The Kier molecular flexibility index (Phi) is 6.57. The summed E-state index contributed by atoms with van der Waals surface area (Å²) in [5.41, 5.74) is 0.704. The van der Waals surface area contributed by atoms with Gasteiger partial charge in [0.15, 0.2) is 5.78 Å². The lowest BCUT2D eigenvalue weighted by Crippen LogP contribution is -2.33. The highest BCUT2D eigenvalue weighted by molar-refractivity contribution is 6.30. The van der Waals surface area contributed by atoms with Crippen LogP contribution in [0.15, 0.2) is 24.3 Å². The largest absolute Gasteiger partial charge is 0.310 e. The minimum atomic E-state index is -0.101. The van der Waals surface area contributed by atoms with E-state index in [-0.39, 0.29) is 24.2 Å². The Labute approximate surface area is 101 Å². The molecule has 0 aliphatic rings. The van der Waals surface area contributed by atoms with Gasteiger partial charge in [-0.1, -0.05) is 18.5 Å². The number of benzene rings is 1. The van der Waals surface area contributed by atoms with E-state index in [0.717, 1.165) is 6.42 Å². The third-order valence-corrected chi connectivity index (χ3v) is 2.45. The predicted molar refractivity (Wildman–Crippen MR) is 66.2 cm³/mol. The summed E-state index contributed by atoms with van der Waals surface area (Å²) in [5, 5.41) is 3.63. The second kappa shape index (κ2) is 6.83. The number of carbonyl (C=O) groups is 1. The lowest BCUT2D eigenvalue weighted by atomic mass is 10.0. The molecule has 0 aromatic heterocycles. The first-order valence-corrected chi connectivity index (χ1v) is 5.04. The van der Waals surface area contributed by atoms with Crippen molar-refractivity contribution in [2.24, 2.45) is 0 Å². The first-order valence-electron chi connectivity index (χ1n) is 4.66. The maximum absolute atomic E-state index is 11.8. The Hall–Kier alpha value is -0.570. The highest BCUT2D eigenvalue weighted by atomic mass is 35.5. The molecule has 0 bridgehead atoms. The van der Waals surface area contributed by atoms with Crippen molar-refractivity contribution in [2.75, 3.05) is 7.05 Å². The van der Waals surface area contributed by atoms with Crippen LogP contribution in [-0.4, -0.2) is 18.9 Å². The average molecular weight is 248 g/mol. The summed E-state index contributed by atoms with van der Waals surface area (Å²) < 4.78 is 0. The third-order valence-electron chi connectivity index (χ3n) is 2.20. The van der Waals surface area contributed by atoms with Gasteiger partial charge in [-0.2, -0.15) is 0 Å². The zero-order valence-electron chi connectivity index (χ0n) is 8.79. The van der Waals surface area contributed by atoms with Crippen LogP contribution in [0.5, 0.6) is 0 Å². The molecule has 0 saturated heterocycles. The smallest absolute Gasteiger partial charge is 0.179 e. The van der Waals surface area contributed by atoms with E-state index in [1.807, 2.05) is 6.92 Å². The minimum absolute atomic E-state index is 0. The fourth-order valence-corrected chi connectivity index (χ4v) is 1.46. The standard InChI is InChI=1S/C11H14ClNO.ClH/c1-3-10(13-2)11(14)8-4-6-9(12)7-5-8;/h4-7,10,13H,3H2,1-2H3;1H. The maximum atomic E-state index is 11.8. The van der Waals surface area contributed by atoms with E-state index in [0.29, 0.717) is 10.6 Å². The van der Waals surface area contributed by atoms with Crippen LogP contribution in [0.2, 0.25) is 5.02 Å². The molecule has 0 spiro atoms. The Balaban J connectivity index is 0.00000196. The fraction of sp³-hybridized carbons (Fsp3) is 0.364.